The summed E-state index contributed by atoms with van der Waals surface area (Å²) in [5.74, 6) is 0. The van der Waals surface area contributed by atoms with Crippen LogP contribution in [0.1, 0.15) is 24.2 Å². The van der Waals surface area contributed by atoms with E-state index in [1.54, 1.807) is 6.92 Å². The number of aliphatic hydroxyl groups excluding tert-OH is 1. The molecule has 0 spiro atoms. The van der Waals surface area contributed by atoms with Gasteiger partial charge in [0.25, 0.3) is 0 Å². The number of ether oxygens (including phenoxy) is 1. The number of morpholine rings is 1. The summed E-state index contributed by atoms with van der Waals surface area (Å²) >= 11 is 0. The van der Waals surface area contributed by atoms with Crippen LogP contribution in [0, 0.1) is 0 Å². The second-order valence-electron chi connectivity index (χ2n) is 4.31. The van der Waals surface area contributed by atoms with Gasteiger partial charge in [-0.3, -0.25) is 4.90 Å². The molecule has 88 valence electrons. The van der Waals surface area contributed by atoms with E-state index in [0.717, 1.165) is 38.4 Å². The Bertz CT molecular complexity index is 315. The maximum atomic E-state index is 9.41. The summed E-state index contributed by atoms with van der Waals surface area (Å²) in [5, 5.41) is 9.41. The van der Waals surface area contributed by atoms with Crippen LogP contribution in [-0.2, 0) is 11.3 Å². The molecule has 1 fully saturated rings. The van der Waals surface area contributed by atoms with Crippen molar-refractivity contribution in [3.63, 3.8) is 0 Å². The van der Waals surface area contributed by atoms with Crippen molar-refractivity contribution >= 4 is 0 Å². The summed E-state index contributed by atoms with van der Waals surface area (Å²) in [5.41, 5.74) is 2.28. The maximum Gasteiger partial charge on any atom is 0.0761 e. The molecule has 1 aromatic carbocycles. The number of hydrogen-bond donors (Lipinski definition) is 1. The third kappa shape index (κ3) is 3.04. The zero-order chi connectivity index (χ0) is 11.4. The minimum atomic E-state index is -0.377. The molecule has 0 unspecified atom stereocenters. The van der Waals surface area contributed by atoms with Gasteiger partial charge in [-0.05, 0) is 18.1 Å². The molecule has 1 N–H and O–H groups in total. The molecule has 0 aromatic heterocycles. The Morgan fingerprint density at radius 2 is 1.88 bits per heavy atom. The Balaban J connectivity index is 1.93. The number of aliphatic hydroxyl groups is 1. The number of nitrogens with zero attached hydrogens (tertiary/aromatic N) is 1. The maximum absolute atomic E-state index is 9.41. The molecule has 1 aromatic rings. The van der Waals surface area contributed by atoms with Crippen molar-refractivity contribution < 1.29 is 9.84 Å². The van der Waals surface area contributed by atoms with Gasteiger partial charge in [-0.25, -0.2) is 0 Å². The van der Waals surface area contributed by atoms with E-state index < -0.39 is 0 Å². The normalized spacial score (nSPS) is 19.6. The standard InChI is InChI=1S/C13H19NO2/c1-11(15)13-4-2-12(3-5-13)10-14-6-8-16-9-7-14/h2-5,11,15H,6-10H2,1H3/t11-/m0/s1. The van der Waals surface area contributed by atoms with E-state index in [1.807, 2.05) is 12.1 Å². The molecule has 1 aliphatic heterocycles. The van der Waals surface area contributed by atoms with E-state index in [-0.39, 0.29) is 6.10 Å². The van der Waals surface area contributed by atoms with Gasteiger partial charge < -0.3 is 9.84 Å². The van der Waals surface area contributed by atoms with Crippen LogP contribution in [-0.4, -0.2) is 36.3 Å². The lowest BCUT2D eigenvalue weighted by molar-refractivity contribution is 0.0342. The first kappa shape index (κ1) is 11.6. The predicted molar refractivity (Wildman–Crippen MR) is 63.2 cm³/mol. The van der Waals surface area contributed by atoms with Crippen LogP contribution in [0.2, 0.25) is 0 Å². The van der Waals surface area contributed by atoms with Gasteiger partial charge in [0.05, 0.1) is 19.3 Å². The van der Waals surface area contributed by atoms with Gasteiger partial charge in [0, 0.05) is 19.6 Å². The average molecular weight is 221 g/mol. The Kier molecular flexibility index (Phi) is 3.93. The smallest absolute Gasteiger partial charge is 0.0761 e. The Morgan fingerprint density at radius 3 is 2.44 bits per heavy atom. The molecular formula is C13H19NO2. The van der Waals surface area contributed by atoms with Crippen molar-refractivity contribution in [3.8, 4) is 0 Å². The summed E-state index contributed by atoms with van der Waals surface area (Å²) in [6.45, 7) is 6.47. The Labute approximate surface area is 96.6 Å². The molecule has 0 saturated carbocycles. The highest BCUT2D eigenvalue weighted by Gasteiger charge is 2.10. The molecule has 16 heavy (non-hydrogen) atoms. The average Bonchev–Trinajstić information content (AvgIpc) is 2.31. The van der Waals surface area contributed by atoms with Crippen molar-refractivity contribution in [2.24, 2.45) is 0 Å². The highest BCUT2D eigenvalue weighted by molar-refractivity contribution is 5.23. The van der Waals surface area contributed by atoms with Crippen molar-refractivity contribution in [3.05, 3.63) is 35.4 Å². The van der Waals surface area contributed by atoms with Crippen LogP contribution in [0.3, 0.4) is 0 Å². The van der Waals surface area contributed by atoms with Crippen LogP contribution in [0.4, 0.5) is 0 Å². The molecule has 3 heteroatoms. The molecule has 0 bridgehead atoms. The lowest BCUT2D eigenvalue weighted by atomic mass is 10.1. The molecular weight excluding hydrogens is 202 g/mol. The summed E-state index contributed by atoms with van der Waals surface area (Å²) < 4.78 is 5.31. The predicted octanol–water partition coefficient (Wildman–Crippen LogP) is 1.57. The van der Waals surface area contributed by atoms with E-state index in [2.05, 4.69) is 17.0 Å². The molecule has 0 radical (unpaired) electrons. The lowest BCUT2D eigenvalue weighted by Gasteiger charge is -2.26. The molecule has 1 heterocycles. The van der Waals surface area contributed by atoms with Crippen LogP contribution < -0.4 is 0 Å². The van der Waals surface area contributed by atoms with E-state index in [0.29, 0.717) is 0 Å². The summed E-state index contributed by atoms with van der Waals surface area (Å²) in [4.78, 5) is 2.39. The lowest BCUT2D eigenvalue weighted by Crippen LogP contribution is -2.35. The second-order valence-corrected chi connectivity index (χ2v) is 4.31. The fourth-order valence-electron chi connectivity index (χ4n) is 1.92. The zero-order valence-corrected chi connectivity index (χ0v) is 9.72. The van der Waals surface area contributed by atoms with Gasteiger partial charge in [0.1, 0.15) is 0 Å². The van der Waals surface area contributed by atoms with Gasteiger partial charge in [-0.15, -0.1) is 0 Å². The van der Waals surface area contributed by atoms with E-state index in [9.17, 15) is 5.11 Å². The molecule has 1 atom stereocenters. The third-order valence-electron chi connectivity index (χ3n) is 2.97. The van der Waals surface area contributed by atoms with Gasteiger partial charge in [0.2, 0.25) is 0 Å². The summed E-state index contributed by atoms with van der Waals surface area (Å²) in [7, 11) is 0. The van der Waals surface area contributed by atoms with Gasteiger partial charge in [-0.1, -0.05) is 24.3 Å². The van der Waals surface area contributed by atoms with Crippen molar-refractivity contribution in [1.29, 1.82) is 0 Å². The number of benzene rings is 1. The van der Waals surface area contributed by atoms with Gasteiger partial charge >= 0.3 is 0 Å². The topological polar surface area (TPSA) is 32.7 Å². The van der Waals surface area contributed by atoms with Crippen molar-refractivity contribution in [2.45, 2.75) is 19.6 Å². The van der Waals surface area contributed by atoms with Gasteiger partial charge in [0.15, 0.2) is 0 Å². The Hall–Kier alpha value is -0.900. The first-order valence-corrected chi connectivity index (χ1v) is 5.83. The molecule has 2 rings (SSSR count). The highest BCUT2D eigenvalue weighted by atomic mass is 16.5. The fraction of sp³-hybridized carbons (Fsp3) is 0.538. The van der Waals surface area contributed by atoms with Crippen LogP contribution in [0.25, 0.3) is 0 Å². The van der Waals surface area contributed by atoms with Crippen molar-refractivity contribution in [1.82, 2.24) is 4.90 Å². The quantitative estimate of drug-likeness (QED) is 0.841. The number of rotatable bonds is 3. The molecule has 0 aliphatic carbocycles. The first-order valence-electron chi connectivity index (χ1n) is 5.83. The Morgan fingerprint density at radius 1 is 1.25 bits per heavy atom. The second kappa shape index (κ2) is 5.43. The van der Waals surface area contributed by atoms with Crippen LogP contribution in [0.5, 0.6) is 0 Å². The SMILES string of the molecule is C[C@H](O)c1ccc(CN2CCOCC2)cc1. The molecule has 1 aliphatic rings. The molecule has 0 amide bonds. The van der Waals surface area contributed by atoms with E-state index in [1.165, 1.54) is 5.56 Å². The highest BCUT2D eigenvalue weighted by Crippen LogP contribution is 2.14. The molecule has 3 nitrogen and oxygen atoms in total. The third-order valence-corrected chi connectivity index (χ3v) is 2.97. The van der Waals surface area contributed by atoms with E-state index >= 15 is 0 Å². The molecule has 1 saturated heterocycles. The monoisotopic (exact) mass is 221 g/mol. The first-order chi connectivity index (χ1) is 7.75. The van der Waals surface area contributed by atoms with Crippen molar-refractivity contribution in [2.75, 3.05) is 26.3 Å². The fourth-order valence-corrected chi connectivity index (χ4v) is 1.92. The van der Waals surface area contributed by atoms with E-state index in [4.69, 9.17) is 4.74 Å². The minimum Gasteiger partial charge on any atom is -0.389 e. The largest absolute Gasteiger partial charge is 0.389 e. The van der Waals surface area contributed by atoms with Gasteiger partial charge in [-0.2, -0.15) is 0 Å². The summed E-state index contributed by atoms with van der Waals surface area (Å²) in [6, 6.07) is 8.19. The van der Waals surface area contributed by atoms with Crippen LogP contribution >= 0.6 is 0 Å². The summed E-state index contributed by atoms with van der Waals surface area (Å²) in [6.07, 6.45) is -0.377. The minimum absolute atomic E-state index is 0.377. The number of hydrogen-bond acceptors (Lipinski definition) is 3. The van der Waals surface area contributed by atoms with Crippen LogP contribution in [0.15, 0.2) is 24.3 Å². The zero-order valence-electron chi connectivity index (χ0n) is 9.72.